The lowest BCUT2D eigenvalue weighted by molar-refractivity contribution is 0.0950. The van der Waals surface area contributed by atoms with Crippen LogP contribution in [0.5, 0.6) is 0 Å². The number of urea groups is 1. The van der Waals surface area contributed by atoms with Gasteiger partial charge >= 0.3 is 6.03 Å². The maximum Gasteiger partial charge on any atom is 0.316 e. The number of aromatic nitrogens is 1. The summed E-state index contributed by atoms with van der Waals surface area (Å²) < 4.78 is 0.747. The first-order valence-corrected chi connectivity index (χ1v) is 6.88. The third-order valence-electron chi connectivity index (χ3n) is 2.64. The molecule has 0 atom stereocenters. The number of rotatable bonds is 4. The molecule has 108 valence electrons. The van der Waals surface area contributed by atoms with Crippen molar-refractivity contribution in [3.8, 4) is 0 Å². The fourth-order valence-corrected chi connectivity index (χ4v) is 2.03. The Morgan fingerprint density at radius 1 is 1.19 bits per heavy atom. The molecular weight excluding hydrogens is 336 g/mol. The standard InChI is InChI=1S/C14H13BrN4O2/c15-11-5-10(7-17-8-11)13(20)18-6-9-1-3-12(4-2-9)19-14(16)21/h1-5,7-8H,6H2,(H,18,20)(H3,16,19,21). The molecule has 1 aromatic heterocycles. The van der Waals surface area contributed by atoms with Crippen molar-refractivity contribution in [1.29, 1.82) is 0 Å². The van der Waals surface area contributed by atoms with Crippen molar-refractivity contribution >= 4 is 33.6 Å². The second-order valence-electron chi connectivity index (χ2n) is 4.26. The molecule has 1 aromatic carbocycles. The molecule has 0 saturated heterocycles. The molecule has 0 unspecified atom stereocenters. The first-order chi connectivity index (χ1) is 10.0. The molecule has 0 aliphatic rings. The Morgan fingerprint density at radius 3 is 2.52 bits per heavy atom. The number of primary amides is 1. The molecule has 0 aliphatic heterocycles. The third kappa shape index (κ3) is 4.57. The van der Waals surface area contributed by atoms with Crippen LogP contribution in [0.2, 0.25) is 0 Å². The molecule has 0 spiro atoms. The van der Waals surface area contributed by atoms with E-state index in [9.17, 15) is 9.59 Å². The zero-order valence-electron chi connectivity index (χ0n) is 11.0. The number of pyridine rings is 1. The van der Waals surface area contributed by atoms with Crippen LogP contribution < -0.4 is 16.4 Å². The number of anilines is 1. The average Bonchev–Trinajstić information content (AvgIpc) is 2.45. The van der Waals surface area contributed by atoms with Crippen LogP contribution in [0.3, 0.4) is 0 Å². The molecule has 7 heteroatoms. The Hall–Kier alpha value is -2.41. The molecule has 6 nitrogen and oxygen atoms in total. The number of nitrogens with two attached hydrogens (primary N) is 1. The molecule has 3 amide bonds. The summed E-state index contributed by atoms with van der Waals surface area (Å²) in [4.78, 5) is 26.6. The SMILES string of the molecule is NC(=O)Nc1ccc(CNC(=O)c2cncc(Br)c2)cc1. The number of carbonyl (C=O) groups is 2. The first-order valence-electron chi connectivity index (χ1n) is 6.09. The van der Waals surface area contributed by atoms with Gasteiger partial charge in [-0.1, -0.05) is 12.1 Å². The van der Waals surface area contributed by atoms with Gasteiger partial charge in [0.15, 0.2) is 0 Å². The van der Waals surface area contributed by atoms with Gasteiger partial charge in [0, 0.05) is 29.1 Å². The number of amides is 3. The van der Waals surface area contributed by atoms with Crippen LogP contribution >= 0.6 is 15.9 Å². The first kappa shape index (κ1) is 15.0. The van der Waals surface area contributed by atoms with E-state index < -0.39 is 6.03 Å². The van der Waals surface area contributed by atoms with Crippen LogP contribution in [-0.4, -0.2) is 16.9 Å². The molecule has 21 heavy (non-hydrogen) atoms. The Bertz CT molecular complexity index is 658. The Kier molecular flexibility index (Phi) is 4.89. The molecule has 0 bridgehead atoms. The van der Waals surface area contributed by atoms with E-state index in [1.165, 1.54) is 6.20 Å². The lowest BCUT2D eigenvalue weighted by atomic mass is 10.2. The van der Waals surface area contributed by atoms with Crippen LogP contribution in [0.1, 0.15) is 15.9 Å². The number of hydrogen-bond donors (Lipinski definition) is 3. The van der Waals surface area contributed by atoms with Crippen molar-refractivity contribution in [2.24, 2.45) is 5.73 Å². The minimum absolute atomic E-state index is 0.205. The van der Waals surface area contributed by atoms with Gasteiger partial charge in [0.1, 0.15) is 0 Å². The highest BCUT2D eigenvalue weighted by Crippen LogP contribution is 2.11. The third-order valence-corrected chi connectivity index (χ3v) is 3.08. The topological polar surface area (TPSA) is 97.1 Å². The number of nitrogens with one attached hydrogen (secondary N) is 2. The minimum atomic E-state index is -0.613. The van der Waals surface area contributed by atoms with E-state index in [1.54, 1.807) is 36.5 Å². The summed E-state index contributed by atoms with van der Waals surface area (Å²) in [6.45, 7) is 0.377. The minimum Gasteiger partial charge on any atom is -0.351 e. The lowest BCUT2D eigenvalue weighted by Crippen LogP contribution is -2.23. The Balaban J connectivity index is 1.93. The largest absolute Gasteiger partial charge is 0.351 e. The smallest absolute Gasteiger partial charge is 0.316 e. The van der Waals surface area contributed by atoms with Crippen LogP contribution in [0.15, 0.2) is 47.2 Å². The maximum atomic E-state index is 11.9. The molecule has 0 saturated carbocycles. The number of hydrogen-bond acceptors (Lipinski definition) is 3. The van der Waals surface area contributed by atoms with Crippen LogP contribution in [-0.2, 0) is 6.54 Å². The monoisotopic (exact) mass is 348 g/mol. The van der Waals surface area contributed by atoms with Gasteiger partial charge in [-0.2, -0.15) is 0 Å². The van der Waals surface area contributed by atoms with E-state index in [1.807, 2.05) is 0 Å². The quantitative estimate of drug-likeness (QED) is 0.790. The van der Waals surface area contributed by atoms with Gasteiger partial charge in [-0.3, -0.25) is 9.78 Å². The van der Waals surface area contributed by atoms with Crippen molar-refractivity contribution in [3.63, 3.8) is 0 Å². The molecule has 1 heterocycles. The highest BCUT2D eigenvalue weighted by Gasteiger charge is 2.06. The number of benzene rings is 1. The number of carbonyl (C=O) groups excluding carboxylic acids is 2. The van der Waals surface area contributed by atoms with Crippen LogP contribution in [0, 0.1) is 0 Å². The predicted octanol–water partition coefficient (Wildman–Crippen LogP) is 2.26. The molecule has 2 rings (SSSR count). The molecule has 0 fully saturated rings. The van der Waals surface area contributed by atoms with Crippen LogP contribution in [0.25, 0.3) is 0 Å². The fourth-order valence-electron chi connectivity index (χ4n) is 1.67. The second-order valence-corrected chi connectivity index (χ2v) is 5.18. The molecule has 0 radical (unpaired) electrons. The van der Waals surface area contributed by atoms with Crippen molar-refractivity contribution in [2.45, 2.75) is 6.54 Å². The highest BCUT2D eigenvalue weighted by molar-refractivity contribution is 9.10. The van der Waals surface area contributed by atoms with Gasteiger partial charge in [-0.15, -0.1) is 0 Å². The molecular formula is C14H13BrN4O2. The second kappa shape index (κ2) is 6.85. The van der Waals surface area contributed by atoms with Gasteiger partial charge in [-0.25, -0.2) is 4.79 Å². The summed E-state index contributed by atoms with van der Waals surface area (Å²) in [7, 11) is 0. The van der Waals surface area contributed by atoms with Gasteiger partial charge < -0.3 is 16.4 Å². The van der Waals surface area contributed by atoms with E-state index in [0.29, 0.717) is 17.8 Å². The van der Waals surface area contributed by atoms with Gasteiger partial charge in [0.25, 0.3) is 5.91 Å². The summed E-state index contributed by atoms with van der Waals surface area (Å²) >= 11 is 3.27. The van der Waals surface area contributed by atoms with E-state index >= 15 is 0 Å². The molecule has 0 aliphatic carbocycles. The zero-order valence-corrected chi connectivity index (χ0v) is 12.6. The number of halogens is 1. The summed E-state index contributed by atoms with van der Waals surface area (Å²) in [5.41, 5.74) is 7.01. The average molecular weight is 349 g/mol. The Morgan fingerprint density at radius 2 is 1.90 bits per heavy atom. The molecule has 2 aromatic rings. The fraction of sp³-hybridized carbons (Fsp3) is 0.0714. The van der Waals surface area contributed by atoms with Gasteiger partial charge in [-0.05, 0) is 39.7 Å². The van der Waals surface area contributed by atoms with Crippen molar-refractivity contribution in [3.05, 3.63) is 58.3 Å². The van der Waals surface area contributed by atoms with Crippen molar-refractivity contribution in [1.82, 2.24) is 10.3 Å². The van der Waals surface area contributed by atoms with E-state index in [2.05, 4.69) is 31.5 Å². The summed E-state index contributed by atoms with van der Waals surface area (Å²) in [6.07, 6.45) is 3.11. The van der Waals surface area contributed by atoms with Crippen LogP contribution in [0.4, 0.5) is 10.5 Å². The van der Waals surface area contributed by atoms with Gasteiger partial charge in [0.2, 0.25) is 0 Å². The maximum absolute atomic E-state index is 11.9. The van der Waals surface area contributed by atoms with E-state index in [4.69, 9.17) is 5.73 Å². The summed E-state index contributed by atoms with van der Waals surface area (Å²) in [5, 5.41) is 5.26. The lowest BCUT2D eigenvalue weighted by Gasteiger charge is -2.07. The molecule has 4 N–H and O–H groups in total. The Labute approximate surface area is 129 Å². The van der Waals surface area contributed by atoms with Crippen molar-refractivity contribution in [2.75, 3.05) is 5.32 Å². The normalized spacial score (nSPS) is 9.95. The summed E-state index contributed by atoms with van der Waals surface area (Å²) in [5.74, 6) is -0.205. The predicted molar refractivity (Wildman–Crippen MR) is 82.8 cm³/mol. The number of nitrogens with zero attached hydrogens (tertiary/aromatic N) is 1. The van der Waals surface area contributed by atoms with E-state index in [-0.39, 0.29) is 5.91 Å². The summed E-state index contributed by atoms with van der Waals surface area (Å²) in [6, 6.07) is 8.11. The van der Waals surface area contributed by atoms with E-state index in [0.717, 1.165) is 10.0 Å². The highest BCUT2D eigenvalue weighted by atomic mass is 79.9. The van der Waals surface area contributed by atoms with Crippen molar-refractivity contribution < 1.29 is 9.59 Å². The zero-order chi connectivity index (χ0) is 15.2. The van der Waals surface area contributed by atoms with Gasteiger partial charge in [0.05, 0.1) is 5.56 Å².